The summed E-state index contributed by atoms with van der Waals surface area (Å²) in [4.78, 5) is 0.504. The second kappa shape index (κ2) is 8.08. The summed E-state index contributed by atoms with van der Waals surface area (Å²) in [6.07, 6.45) is 6.32. The third-order valence-electron chi connectivity index (χ3n) is 7.42. The molecule has 1 aromatic heterocycles. The minimum absolute atomic E-state index is 0.112. The molecule has 3 heterocycles. The van der Waals surface area contributed by atoms with E-state index in [1.54, 1.807) is 4.31 Å². The molecule has 2 aromatic rings. The maximum atomic E-state index is 13.8. The van der Waals surface area contributed by atoms with Crippen LogP contribution in [0.4, 0.5) is 0 Å². The van der Waals surface area contributed by atoms with Crippen LogP contribution in [0.2, 0.25) is 0 Å². The largest absolute Gasteiger partial charge is 0.315 e. The van der Waals surface area contributed by atoms with Gasteiger partial charge in [-0.1, -0.05) is 6.42 Å². The van der Waals surface area contributed by atoms with Crippen LogP contribution in [0.1, 0.15) is 77.5 Å². The van der Waals surface area contributed by atoms with E-state index in [1.165, 1.54) is 12.0 Å². The van der Waals surface area contributed by atoms with E-state index in [0.717, 1.165) is 72.6 Å². The molecular weight excluding hydrogens is 396 g/mol. The van der Waals surface area contributed by atoms with E-state index in [0.29, 0.717) is 18.0 Å². The molecule has 6 nitrogen and oxygen atoms in total. The lowest BCUT2D eigenvalue weighted by atomic mass is 9.95. The van der Waals surface area contributed by atoms with Crippen LogP contribution in [-0.4, -0.2) is 40.6 Å². The standard InChI is InChI=1S/C23H34N4O2S/c1-15-16(2)18(4)22(19(5)17(15)3)30(28,29)26-12-9-10-20(14-26)23-25-24-21-11-7-6-8-13-27(21)23/h20H,6-14H2,1-5H3. The van der Waals surface area contributed by atoms with E-state index in [2.05, 4.69) is 21.7 Å². The monoisotopic (exact) mass is 430 g/mol. The van der Waals surface area contributed by atoms with Crippen LogP contribution < -0.4 is 0 Å². The lowest BCUT2D eigenvalue weighted by molar-refractivity contribution is 0.303. The molecule has 0 bridgehead atoms. The molecule has 2 aliphatic heterocycles. The molecule has 1 aromatic carbocycles. The number of sulfonamides is 1. The molecule has 1 saturated heterocycles. The predicted molar refractivity (Wildman–Crippen MR) is 118 cm³/mol. The highest BCUT2D eigenvalue weighted by molar-refractivity contribution is 7.89. The van der Waals surface area contributed by atoms with Crippen LogP contribution in [0, 0.1) is 34.6 Å². The average molecular weight is 431 g/mol. The van der Waals surface area contributed by atoms with Crippen LogP contribution in [0.5, 0.6) is 0 Å². The molecule has 1 atom stereocenters. The Hall–Kier alpha value is -1.73. The van der Waals surface area contributed by atoms with E-state index in [4.69, 9.17) is 0 Å². The molecule has 2 aliphatic rings. The Labute approximate surface area is 180 Å². The lowest BCUT2D eigenvalue weighted by Gasteiger charge is -2.33. The van der Waals surface area contributed by atoms with E-state index in [1.807, 2.05) is 27.7 Å². The zero-order chi connectivity index (χ0) is 21.6. The number of aryl methyl sites for hydroxylation is 1. The van der Waals surface area contributed by atoms with Gasteiger partial charge in [-0.05, 0) is 88.1 Å². The summed E-state index contributed by atoms with van der Waals surface area (Å²) in [7, 11) is -3.56. The normalized spacial score (nSPS) is 20.8. The number of rotatable bonds is 3. The molecule has 7 heteroatoms. The van der Waals surface area contributed by atoms with Crippen molar-refractivity contribution in [3.63, 3.8) is 0 Å². The first-order chi connectivity index (χ1) is 14.2. The van der Waals surface area contributed by atoms with E-state index < -0.39 is 10.0 Å². The summed E-state index contributed by atoms with van der Waals surface area (Å²) in [5.74, 6) is 2.16. The van der Waals surface area contributed by atoms with Gasteiger partial charge in [-0.15, -0.1) is 10.2 Å². The van der Waals surface area contributed by atoms with Gasteiger partial charge < -0.3 is 4.57 Å². The van der Waals surface area contributed by atoms with Gasteiger partial charge in [0.1, 0.15) is 11.6 Å². The molecule has 164 valence electrons. The SMILES string of the molecule is Cc1c(C)c(C)c(S(=O)(=O)N2CCCC(c3nnc4n3CCCCC4)C2)c(C)c1C. The Balaban J connectivity index is 1.68. The van der Waals surface area contributed by atoms with Crippen molar-refractivity contribution in [2.24, 2.45) is 0 Å². The van der Waals surface area contributed by atoms with E-state index >= 15 is 0 Å². The van der Waals surface area contributed by atoms with Crippen molar-refractivity contribution in [1.29, 1.82) is 0 Å². The minimum Gasteiger partial charge on any atom is -0.315 e. The van der Waals surface area contributed by atoms with Gasteiger partial charge in [-0.3, -0.25) is 0 Å². The Morgan fingerprint density at radius 2 is 1.47 bits per heavy atom. The maximum Gasteiger partial charge on any atom is 0.243 e. The van der Waals surface area contributed by atoms with Crippen LogP contribution in [0.25, 0.3) is 0 Å². The first-order valence-electron chi connectivity index (χ1n) is 11.2. The van der Waals surface area contributed by atoms with Crippen molar-refractivity contribution >= 4 is 10.0 Å². The van der Waals surface area contributed by atoms with Gasteiger partial charge >= 0.3 is 0 Å². The highest BCUT2D eigenvalue weighted by Gasteiger charge is 2.36. The van der Waals surface area contributed by atoms with Gasteiger partial charge in [-0.25, -0.2) is 8.42 Å². The number of hydrogen-bond donors (Lipinski definition) is 0. The summed E-state index contributed by atoms with van der Waals surface area (Å²) in [6, 6.07) is 0. The molecule has 0 saturated carbocycles. The third-order valence-corrected chi connectivity index (χ3v) is 9.56. The van der Waals surface area contributed by atoms with Crippen molar-refractivity contribution < 1.29 is 8.42 Å². The van der Waals surface area contributed by atoms with Crippen LogP contribution in [-0.2, 0) is 23.0 Å². The molecule has 1 unspecified atom stereocenters. The Morgan fingerprint density at radius 1 is 0.800 bits per heavy atom. The summed E-state index contributed by atoms with van der Waals surface area (Å²) >= 11 is 0. The number of nitrogens with zero attached hydrogens (tertiary/aromatic N) is 4. The Bertz CT molecular complexity index is 1040. The number of benzene rings is 1. The lowest BCUT2D eigenvalue weighted by Crippen LogP contribution is -2.40. The van der Waals surface area contributed by atoms with Crippen LogP contribution in [0.3, 0.4) is 0 Å². The van der Waals surface area contributed by atoms with Crippen molar-refractivity contribution in [2.45, 2.75) is 90.5 Å². The van der Waals surface area contributed by atoms with Crippen LogP contribution in [0.15, 0.2) is 4.90 Å². The van der Waals surface area contributed by atoms with Gasteiger partial charge in [0.2, 0.25) is 10.0 Å². The van der Waals surface area contributed by atoms with E-state index in [-0.39, 0.29) is 5.92 Å². The first kappa shape index (κ1) is 21.5. The number of hydrogen-bond acceptors (Lipinski definition) is 4. The average Bonchev–Trinajstić information content (AvgIpc) is 2.99. The van der Waals surface area contributed by atoms with Crippen molar-refractivity contribution in [3.8, 4) is 0 Å². The van der Waals surface area contributed by atoms with Gasteiger partial charge in [0.25, 0.3) is 0 Å². The van der Waals surface area contributed by atoms with Gasteiger partial charge in [0.05, 0.1) is 4.90 Å². The fourth-order valence-corrected chi connectivity index (χ4v) is 7.25. The maximum absolute atomic E-state index is 13.8. The van der Waals surface area contributed by atoms with Crippen molar-refractivity contribution in [2.75, 3.05) is 13.1 Å². The second-order valence-corrected chi connectivity index (χ2v) is 11.0. The molecule has 4 rings (SSSR count). The molecule has 0 radical (unpaired) electrons. The summed E-state index contributed by atoms with van der Waals surface area (Å²) in [5, 5.41) is 8.96. The summed E-state index contributed by atoms with van der Waals surface area (Å²) in [5.41, 5.74) is 5.11. The fourth-order valence-electron chi connectivity index (χ4n) is 5.16. The molecule has 30 heavy (non-hydrogen) atoms. The first-order valence-corrected chi connectivity index (χ1v) is 12.7. The topological polar surface area (TPSA) is 68.1 Å². The fraction of sp³-hybridized carbons (Fsp3) is 0.652. The Kier molecular flexibility index (Phi) is 5.79. The quantitative estimate of drug-likeness (QED) is 0.735. The second-order valence-electron chi connectivity index (χ2n) is 9.09. The molecule has 0 aliphatic carbocycles. The molecule has 1 fully saturated rings. The zero-order valence-electron chi connectivity index (χ0n) is 19.0. The van der Waals surface area contributed by atoms with Crippen molar-refractivity contribution in [3.05, 3.63) is 39.5 Å². The van der Waals surface area contributed by atoms with Crippen LogP contribution >= 0.6 is 0 Å². The number of piperidine rings is 1. The third kappa shape index (κ3) is 3.50. The van der Waals surface area contributed by atoms with Crippen molar-refractivity contribution in [1.82, 2.24) is 19.1 Å². The smallest absolute Gasteiger partial charge is 0.243 e. The molecular formula is C23H34N4O2S. The highest BCUT2D eigenvalue weighted by atomic mass is 32.2. The zero-order valence-corrected chi connectivity index (χ0v) is 19.8. The Morgan fingerprint density at radius 3 is 2.17 bits per heavy atom. The highest BCUT2D eigenvalue weighted by Crippen LogP contribution is 2.35. The summed E-state index contributed by atoms with van der Waals surface area (Å²) < 4.78 is 31.5. The number of aromatic nitrogens is 3. The summed E-state index contributed by atoms with van der Waals surface area (Å²) in [6.45, 7) is 12.0. The molecule has 0 N–H and O–H groups in total. The molecule has 0 spiro atoms. The van der Waals surface area contributed by atoms with Gasteiger partial charge in [-0.2, -0.15) is 4.31 Å². The van der Waals surface area contributed by atoms with E-state index in [9.17, 15) is 8.42 Å². The molecule has 0 amide bonds. The number of fused-ring (bicyclic) bond motifs is 1. The predicted octanol–water partition coefficient (Wildman–Crippen LogP) is 4.11. The minimum atomic E-state index is -3.56. The van der Waals surface area contributed by atoms with Gasteiger partial charge in [0.15, 0.2) is 0 Å². The van der Waals surface area contributed by atoms with Gasteiger partial charge in [0, 0.05) is 32.0 Å².